The first-order valence-electron chi connectivity index (χ1n) is 5.42. The topological polar surface area (TPSA) is 94.6 Å². The van der Waals surface area contributed by atoms with E-state index in [1.54, 1.807) is 12.1 Å². The summed E-state index contributed by atoms with van der Waals surface area (Å²) >= 11 is 0. The van der Waals surface area contributed by atoms with Crippen LogP contribution in [0.2, 0.25) is 0 Å². The van der Waals surface area contributed by atoms with Crippen molar-refractivity contribution < 1.29 is 14.4 Å². The second-order valence-corrected chi connectivity index (χ2v) is 4.08. The molecular formula is C12H12N3O3. The molecule has 0 bridgehead atoms. The van der Waals surface area contributed by atoms with E-state index in [2.05, 4.69) is 5.32 Å². The summed E-state index contributed by atoms with van der Waals surface area (Å²) in [4.78, 5) is 35.5. The van der Waals surface area contributed by atoms with E-state index in [-0.39, 0.29) is 6.54 Å². The molecule has 1 atom stereocenters. The van der Waals surface area contributed by atoms with E-state index in [0.717, 1.165) is 5.56 Å². The van der Waals surface area contributed by atoms with Crippen LogP contribution in [0.3, 0.4) is 0 Å². The molecule has 0 aromatic heterocycles. The summed E-state index contributed by atoms with van der Waals surface area (Å²) < 4.78 is 0. The zero-order valence-electron chi connectivity index (χ0n) is 9.79. The lowest BCUT2D eigenvalue weighted by atomic mass is 10.0. The summed E-state index contributed by atoms with van der Waals surface area (Å²) in [5.41, 5.74) is 6.61. The highest BCUT2D eigenvalue weighted by Gasteiger charge is 2.38. The fourth-order valence-electron chi connectivity index (χ4n) is 1.85. The number of primary amides is 1. The quantitative estimate of drug-likeness (QED) is 0.753. The number of hydrogen-bond acceptors (Lipinski definition) is 3. The van der Waals surface area contributed by atoms with Crippen molar-refractivity contribution in [2.45, 2.75) is 6.92 Å². The van der Waals surface area contributed by atoms with E-state index in [0.29, 0.717) is 5.69 Å². The van der Waals surface area contributed by atoms with Gasteiger partial charge in [0.25, 0.3) is 5.91 Å². The number of rotatable bonds is 2. The van der Waals surface area contributed by atoms with Crippen LogP contribution < -0.4 is 16.0 Å². The first kappa shape index (κ1) is 12.1. The number of anilines is 1. The molecule has 2 rings (SSSR count). The third kappa shape index (κ3) is 2.04. The molecule has 2 N–H and O–H groups in total. The predicted octanol–water partition coefficient (Wildman–Crippen LogP) is 0.168. The van der Waals surface area contributed by atoms with Crippen LogP contribution in [-0.4, -0.2) is 24.4 Å². The van der Waals surface area contributed by atoms with Gasteiger partial charge in [0, 0.05) is 12.2 Å². The first-order chi connectivity index (χ1) is 8.50. The number of benzene rings is 1. The van der Waals surface area contributed by atoms with E-state index in [1.165, 1.54) is 4.90 Å². The summed E-state index contributed by atoms with van der Waals surface area (Å²) in [5.74, 6) is -2.60. The van der Waals surface area contributed by atoms with Crippen LogP contribution in [0, 0.1) is 12.8 Å². The molecule has 1 heterocycles. The number of nitrogens with two attached hydrogens (primary N) is 1. The number of para-hydroxylation sites is 1. The second-order valence-electron chi connectivity index (χ2n) is 4.08. The first-order valence-corrected chi connectivity index (χ1v) is 5.42. The minimum Gasteiger partial charge on any atom is -0.369 e. The Hall–Kier alpha value is -2.37. The maximum atomic E-state index is 11.7. The summed E-state index contributed by atoms with van der Waals surface area (Å²) in [6, 6.07) is 6.51. The molecule has 1 saturated heterocycles. The van der Waals surface area contributed by atoms with Crippen LogP contribution >= 0.6 is 0 Å². The molecule has 1 fully saturated rings. The smallest absolute Gasteiger partial charge is 0.351 e. The summed E-state index contributed by atoms with van der Waals surface area (Å²) in [6.07, 6.45) is 0. The summed E-state index contributed by atoms with van der Waals surface area (Å²) in [5, 5.41) is 3.33. The van der Waals surface area contributed by atoms with Gasteiger partial charge in [0.2, 0.25) is 5.91 Å². The molecular weight excluding hydrogens is 234 g/mol. The van der Waals surface area contributed by atoms with Crippen LogP contribution in [0.5, 0.6) is 0 Å². The van der Waals surface area contributed by atoms with E-state index in [1.807, 2.05) is 19.1 Å². The van der Waals surface area contributed by atoms with Crippen molar-refractivity contribution >= 4 is 23.5 Å². The van der Waals surface area contributed by atoms with Gasteiger partial charge in [-0.15, -0.1) is 0 Å². The fraction of sp³-hybridized carbons (Fsp3) is 0.250. The summed E-state index contributed by atoms with van der Waals surface area (Å²) in [6.45, 7) is 1.78. The number of nitrogens with zero attached hydrogens (tertiary/aromatic N) is 2. The van der Waals surface area contributed by atoms with Gasteiger partial charge in [0.05, 0.1) is 0 Å². The highest BCUT2D eigenvalue weighted by Crippen LogP contribution is 2.23. The van der Waals surface area contributed by atoms with Crippen molar-refractivity contribution in [3.8, 4) is 0 Å². The van der Waals surface area contributed by atoms with Crippen molar-refractivity contribution in [2.75, 3.05) is 11.4 Å². The molecule has 1 aliphatic rings. The zero-order valence-corrected chi connectivity index (χ0v) is 9.79. The van der Waals surface area contributed by atoms with Gasteiger partial charge in [0.15, 0.2) is 0 Å². The Morgan fingerprint density at radius 2 is 2.06 bits per heavy atom. The van der Waals surface area contributed by atoms with E-state index >= 15 is 0 Å². The van der Waals surface area contributed by atoms with Crippen LogP contribution in [0.25, 0.3) is 0 Å². The number of imide groups is 1. The maximum absolute atomic E-state index is 11.7. The largest absolute Gasteiger partial charge is 0.369 e. The van der Waals surface area contributed by atoms with Crippen molar-refractivity contribution in [1.82, 2.24) is 5.32 Å². The van der Waals surface area contributed by atoms with Gasteiger partial charge in [-0.05, 0) is 18.6 Å². The zero-order chi connectivity index (χ0) is 13.3. The predicted molar refractivity (Wildman–Crippen MR) is 63.7 cm³/mol. The normalized spacial score (nSPS) is 19.6. The highest BCUT2D eigenvalue weighted by atomic mass is 16.2. The third-order valence-corrected chi connectivity index (χ3v) is 2.85. The van der Waals surface area contributed by atoms with Gasteiger partial charge in [0.1, 0.15) is 5.92 Å². The van der Waals surface area contributed by atoms with Gasteiger partial charge in [-0.3, -0.25) is 14.5 Å². The average molecular weight is 246 g/mol. The van der Waals surface area contributed by atoms with Crippen LogP contribution in [-0.2, 0) is 9.59 Å². The molecule has 1 aliphatic heterocycles. The average Bonchev–Trinajstić information content (AvgIpc) is 2.30. The number of carbonyl (C=O) groups is 3. The van der Waals surface area contributed by atoms with E-state index in [4.69, 9.17) is 5.73 Å². The molecule has 1 radical (unpaired) electrons. The maximum Gasteiger partial charge on any atom is 0.351 e. The number of carbonyl (C=O) groups excluding carboxylic acids is 3. The Labute approximate surface area is 104 Å². The molecule has 93 valence electrons. The standard InChI is InChI=1S/C12H12N3O3/c1-7-4-2-3-5-9(7)15-6-8(10(13)16)11(17)14-12(15)18/h2-5,8H,6H2,1H3,(H2,13,16). The number of amides is 4. The highest BCUT2D eigenvalue weighted by molar-refractivity contribution is 6.13. The molecule has 6 nitrogen and oxygen atoms in total. The Bertz CT molecular complexity index is 527. The van der Waals surface area contributed by atoms with Crippen molar-refractivity contribution in [3.63, 3.8) is 0 Å². The third-order valence-electron chi connectivity index (χ3n) is 2.85. The van der Waals surface area contributed by atoms with Crippen molar-refractivity contribution in [3.05, 3.63) is 29.8 Å². The minimum atomic E-state index is -1.07. The molecule has 0 spiro atoms. The van der Waals surface area contributed by atoms with E-state index < -0.39 is 23.8 Å². The van der Waals surface area contributed by atoms with Gasteiger partial charge < -0.3 is 5.73 Å². The fourth-order valence-corrected chi connectivity index (χ4v) is 1.85. The lowest BCUT2D eigenvalue weighted by Gasteiger charge is -2.30. The minimum absolute atomic E-state index is 0.0542. The molecule has 1 aromatic rings. The van der Waals surface area contributed by atoms with E-state index in [9.17, 15) is 14.4 Å². The molecule has 0 aliphatic carbocycles. The lowest BCUT2D eigenvalue weighted by Crippen LogP contribution is -2.54. The Balaban J connectivity index is 2.33. The molecule has 18 heavy (non-hydrogen) atoms. The van der Waals surface area contributed by atoms with Gasteiger partial charge >= 0.3 is 6.03 Å². The Morgan fingerprint density at radius 1 is 1.39 bits per heavy atom. The van der Waals surface area contributed by atoms with Crippen LogP contribution in [0.1, 0.15) is 5.56 Å². The summed E-state index contributed by atoms with van der Waals surface area (Å²) in [7, 11) is 0. The Morgan fingerprint density at radius 3 is 2.67 bits per heavy atom. The second kappa shape index (κ2) is 4.48. The lowest BCUT2D eigenvalue weighted by molar-refractivity contribution is -0.133. The van der Waals surface area contributed by atoms with Gasteiger partial charge in [-0.1, -0.05) is 18.2 Å². The SMILES string of the molecule is Cc1ccccc1N1CC(C(N)=O)C(=O)[N]C1=O. The van der Waals surface area contributed by atoms with Gasteiger partial charge in [-0.25, -0.2) is 4.79 Å². The van der Waals surface area contributed by atoms with Gasteiger partial charge in [-0.2, -0.15) is 5.32 Å². The van der Waals surface area contributed by atoms with Crippen molar-refractivity contribution in [1.29, 1.82) is 0 Å². The Kier molecular flexibility index (Phi) is 3.01. The molecule has 0 saturated carbocycles. The molecule has 1 aromatic carbocycles. The van der Waals surface area contributed by atoms with Crippen LogP contribution in [0.15, 0.2) is 24.3 Å². The molecule has 1 unspecified atom stereocenters. The van der Waals surface area contributed by atoms with Crippen LogP contribution in [0.4, 0.5) is 10.5 Å². The number of urea groups is 1. The molecule has 4 amide bonds. The van der Waals surface area contributed by atoms with Crippen molar-refractivity contribution in [2.24, 2.45) is 11.7 Å². The molecule has 6 heteroatoms. The monoisotopic (exact) mass is 246 g/mol. The number of hydrogen-bond donors (Lipinski definition) is 1. The number of aryl methyl sites for hydroxylation is 1.